The molecule has 0 aliphatic carbocycles. The first-order valence-corrected chi connectivity index (χ1v) is 17.8. The van der Waals surface area contributed by atoms with Crippen LogP contribution in [0.5, 0.6) is 11.5 Å². The van der Waals surface area contributed by atoms with Gasteiger partial charge in [0.25, 0.3) is 5.91 Å². The zero-order chi connectivity index (χ0) is 39.5. The molecule has 0 spiro atoms. The first-order valence-electron chi connectivity index (χ1n) is 17.8. The molecule has 0 radical (unpaired) electrons. The number of aliphatic hydroxyl groups excluding tert-OH is 1. The van der Waals surface area contributed by atoms with Crippen LogP contribution in [-0.2, 0) is 35.2 Å². The predicted octanol–water partition coefficient (Wildman–Crippen LogP) is 3.32. The van der Waals surface area contributed by atoms with Crippen molar-refractivity contribution in [3.05, 3.63) is 59.3 Å². The number of aliphatic hydroxyl groups is 1. The fourth-order valence-corrected chi connectivity index (χ4v) is 5.99. The Bertz CT molecular complexity index is 1700. The summed E-state index contributed by atoms with van der Waals surface area (Å²) in [6.45, 7) is 9.79. The molecule has 2 aromatic carbocycles. The Morgan fingerprint density at radius 1 is 0.963 bits per heavy atom. The molecule has 2 aliphatic heterocycles. The Labute approximate surface area is 315 Å². The highest BCUT2D eigenvalue weighted by atomic mass is 16.6. The molecule has 4 N–H and O–H groups in total. The van der Waals surface area contributed by atoms with Gasteiger partial charge in [-0.25, -0.2) is 9.69 Å². The highest BCUT2D eigenvalue weighted by Crippen LogP contribution is 2.41. The van der Waals surface area contributed by atoms with Gasteiger partial charge in [-0.1, -0.05) is 31.6 Å². The second kappa shape index (κ2) is 19.2. The number of rotatable bonds is 17. The van der Waals surface area contributed by atoms with Gasteiger partial charge in [-0.3, -0.25) is 19.2 Å². The lowest BCUT2D eigenvalue weighted by atomic mass is 10.0. The topological polar surface area (TPSA) is 194 Å². The van der Waals surface area contributed by atoms with E-state index in [0.717, 1.165) is 10.5 Å². The van der Waals surface area contributed by atoms with Gasteiger partial charge in [0.15, 0.2) is 17.7 Å². The van der Waals surface area contributed by atoms with Crippen LogP contribution in [0, 0.1) is 5.92 Å². The number of hydrogen-bond donors (Lipinski definition) is 4. The maximum atomic E-state index is 13.7. The van der Waals surface area contributed by atoms with Crippen molar-refractivity contribution in [3.8, 4) is 11.5 Å². The van der Waals surface area contributed by atoms with Gasteiger partial charge >= 0.3 is 6.09 Å². The number of methoxy groups -OCH3 is 2. The zero-order valence-corrected chi connectivity index (χ0v) is 31.8. The Morgan fingerprint density at radius 2 is 1.69 bits per heavy atom. The Hall–Kier alpha value is -5.19. The smallest absolute Gasteiger partial charge is 0.416 e. The summed E-state index contributed by atoms with van der Waals surface area (Å²) in [7, 11) is 3.00. The van der Waals surface area contributed by atoms with Gasteiger partial charge < -0.3 is 49.6 Å². The average molecular weight is 754 g/mol. The van der Waals surface area contributed by atoms with E-state index in [1.807, 2.05) is 6.92 Å². The van der Waals surface area contributed by atoms with Crippen LogP contribution in [0.3, 0.4) is 0 Å². The lowest BCUT2D eigenvalue weighted by Gasteiger charge is -2.31. The third kappa shape index (κ3) is 10.3. The number of nitrogens with zero attached hydrogens (tertiary/aromatic N) is 2. The van der Waals surface area contributed by atoms with E-state index in [2.05, 4.69) is 16.0 Å². The summed E-state index contributed by atoms with van der Waals surface area (Å²) in [5.41, 5.74) is 2.12. The number of amides is 5. The summed E-state index contributed by atoms with van der Waals surface area (Å²) in [4.78, 5) is 68.2. The molecule has 0 saturated carbocycles. The van der Waals surface area contributed by atoms with Gasteiger partial charge in [-0.05, 0) is 56.9 Å². The first kappa shape index (κ1) is 41.6. The molecule has 0 unspecified atom stereocenters. The predicted molar refractivity (Wildman–Crippen MR) is 198 cm³/mol. The third-order valence-corrected chi connectivity index (χ3v) is 8.87. The monoisotopic (exact) mass is 753 g/mol. The van der Waals surface area contributed by atoms with E-state index in [1.54, 1.807) is 58.3 Å². The fourth-order valence-electron chi connectivity index (χ4n) is 5.99. The van der Waals surface area contributed by atoms with E-state index in [-0.39, 0.29) is 42.7 Å². The minimum absolute atomic E-state index is 0.0717. The molecule has 16 nitrogen and oxygen atoms in total. The average Bonchev–Trinajstić information content (AvgIpc) is 3.51. The quantitative estimate of drug-likeness (QED) is 0.173. The zero-order valence-electron chi connectivity index (χ0n) is 31.8. The highest BCUT2D eigenvalue weighted by molar-refractivity contribution is 6.06. The third-order valence-electron chi connectivity index (χ3n) is 8.87. The maximum Gasteiger partial charge on any atom is 0.416 e. The van der Waals surface area contributed by atoms with Crippen LogP contribution < -0.4 is 30.3 Å². The molecule has 2 aliphatic rings. The molecule has 2 aromatic rings. The fraction of sp³-hybridized carbons (Fsp3) is 0.500. The molecule has 0 aromatic heterocycles. The number of benzene rings is 2. The Balaban J connectivity index is 1.37. The number of fused-ring (bicyclic) bond motifs is 2. The number of nitrogens with one attached hydrogen (secondary N) is 3. The van der Waals surface area contributed by atoms with Gasteiger partial charge in [0.2, 0.25) is 17.7 Å². The summed E-state index contributed by atoms with van der Waals surface area (Å²) in [5, 5.41) is 19.6. The first-order chi connectivity index (χ1) is 25.8. The summed E-state index contributed by atoms with van der Waals surface area (Å²) in [6, 6.07) is 6.98. The van der Waals surface area contributed by atoms with Gasteiger partial charge in [0, 0.05) is 31.5 Å². The van der Waals surface area contributed by atoms with Crippen LogP contribution in [0.4, 0.5) is 16.2 Å². The largest absolute Gasteiger partial charge is 0.493 e. The van der Waals surface area contributed by atoms with Crippen molar-refractivity contribution in [2.24, 2.45) is 5.92 Å². The lowest BCUT2D eigenvalue weighted by Crippen LogP contribution is -2.53. The number of carbonyl (C=O) groups excluding carboxylic acids is 5. The van der Waals surface area contributed by atoms with Crippen LogP contribution in [0.25, 0.3) is 0 Å². The molecule has 0 saturated heterocycles. The number of anilines is 2. The van der Waals surface area contributed by atoms with Crippen molar-refractivity contribution in [1.82, 2.24) is 15.5 Å². The summed E-state index contributed by atoms with van der Waals surface area (Å²) in [6.07, 6.45) is -0.223. The molecule has 16 heteroatoms. The van der Waals surface area contributed by atoms with Crippen molar-refractivity contribution in [2.45, 2.75) is 78.4 Å². The van der Waals surface area contributed by atoms with Crippen LogP contribution in [0.15, 0.2) is 48.2 Å². The Morgan fingerprint density at radius 3 is 2.33 bits per heavy atom. The van der Waals surface area contributed by atoms with E-state index in [4.69, 9.17) is 23.7 Å². The molecular formula is C38H51N5O11. The van der Waals surface area contributed by atoms with E-state index in [9.17, 15) is 29.1 Å². The number of ether oxygens (including phenoxy) is 5. The minimum Gasteiger partial charge on any atom is -0.493 e. The molecule has 4 atom stereocenters. The summed E-state index contributed by atoms with van der Waals surface area (Å²) >= 11 is 0. The summed E-state index contributed by atoms with van der Waals surface area (Å²) in [5.74, 6) is -1.39. The van der Waals surface area contributed by atoms with Crippen molar-refractivity contribution < 1.29 is 52.8 Å². The molecule has 0 fully saturated rings. The van der Waals surface area contributed by atoms with Crippen molar-refractivity contribution in [1.29, 1.82) is 0 Å². The normalized spacial score (nSPS) is 17.4. The molecule has 5 amide bonds. The standard InChI is InChI=1S/C38H51N5O11/c1-8-53-31-19-28-27(18-30(31)51-7)36(47)42-20-23(4)17-29(42)37(48)43(28)38(49)54-21-25-9-11-26(12-10-25)40-34(45)24(5)39-35(46)33(22(2)3)41-32(44)13-14-52-16-15-50-6/h9-12,18-20,22,24,29,33,37,48H,8,13-17,21H2,1-7H3,(H,39,46)(H,40,45)(H,41,44)/t24-,29-,33-,37-/m0/s1. The van der Waals surface area contributed by atoms with Crippen molar-refractivity contribution in [2.75, 3.05) is 50.9 Å². The number of carbonyl (C=O) groups is 5. The van der Waals surface area contributed by atoms with Crippen LogP contribution >= 0.6 is 0 Å². The van der Waals surface area contributed by atoms with E-state index in [1.165, 1.54) is 31.1 Å². The van der Waals surface area contributed by atoms with Crippen molar-refractivity contribution in [3.63, 3.8) is 0 Å². The minimum atomic E-state index is -1.43. The van der Waals surface area contributed by atoms with Gasteiger partial charge in [-0.15, -0.1) is 0 Å². The van der Waals surface area contributed by atoms with Crippen LogP contribution in [0.1, 0.15) is 63.4 Å². The van der Waals surface area contributed by atoms with E-state index < -0.39 is 48.2 Å². The Kier molecular flexibility index (Phi) is 14.8. The van der Waals surface area contributed by atoms with Crippen molar-refractivity contribution >= 4 is 41.1 Å². The van der Waals surface area contributed by atoms with Crippen LogP contribution in [0.2, 0.25) is 0 Å². The molecular weight excluding hydrogens is 702 g/mol. The second-order valence-electron chi connectivity index (χ2n) is 13.3. The maximum absolute atomic E-state index is 13.7. The highest BCUT2D eigenvalue weighted by Gasteiger charge is 2.45. The molecule has 294 valence electrons. The lowest BCUT2D eigenvalue weighted by molar-refractivity contribution is -0.132. The SMILES string of the molecule is CCOc1cc2c(cc1OC)C(=O)N1C=C(C)C[C@H]1[C@H](O)N2C(=O)OCc1ccc(NC(=O)[C@H](C)NC(=O)[C@@H](NC(=O)CCOCCOC)C(C)C)cc1. The molecule has 0 bridgehead atoms. The van der Waals surface area contributed by atoms with Gasteiger partial charge in [0.05, 0.1) is 50.8 Å². The van der Waals surface area contributed by atoms with Gasteiger partial charge in [0.1, 0.15) is 18.7 Å². The van der Waals surface area contributed by atoms with Gasteiger partial charge in [-0.2, -0.15) is 0 Å². The molecule has 4 rings (SSSR count). The van der Waals surface area contributed by atoms with E-state index in [0.29, 0.717) is 49.0 Å². The van der Waals surface area contributed by atoms with E-state index >= 15 is 0 Å². The molecule has 54 heavy (non-hydrogen) atoms. The summed E-state index contributed by atoms with van der Waals surface area (Å²) < 4.78 is 27.0. The van der Waals surface area contributed by atoms with Crippen LogP contribution in [-0.4, -0.2) is 105 Å². The number of hydrogen-bond acceptors (Lipinski definition) is 11. The molecule has 2 heterocycles. The second-order valence-corrected chi connectivity index (χ2v) is 13.3.